The molecule has 0 atom stereocenters. The summed E-state index contributed by atoms with van der Waals surface area (Å²) in [4.78, 5) is 13.5. The number of phenols is 1. The maximum absolute atomic E-state index is 12.9. The van der Waals surface area contributed by atoms with Gasteiger partial charge in [0.15, 0.2) is 4.32 Å². The fraction of sp³-hybridized carbons (Fsp3) is 0.455. The molecule has 1 aliphatic rings. The first-order chi connectivity index (χ1) is 12.8. The van der Waals surface area contributed by atoms with Crippen molar-refractivity contribution in [3.63, 3.8) is 0 Å². The molecule has 2 rings (SSSR count). The van der Waals surface area contributed by atoms with Crippen LogP contribution in [0.15, 0.2) is 29.7 Å². The van der Waals surface area contributed by atoms with Crippen molar-refractivity contribution in [2.24, 2.45) is 0 Å². The second-order valence-corrected chi connectivity index (χ2v) is 10.8. The van der Waals surface area contributed by atoms with E-state index >= 15 is 0 Å². The minimum absolute atomic E-state index is 0.137. The molecule has 0 unspecified atom stereocenters. The Morgan fingerprint density at radius 2 is 1.68 bits per heavy atom. The number of carbonyl (C=O) groups is 1. The van der Waals surface area contributed by atoms with E-state index in [9.17, 15) is 9.90 Å². The third kappa shape index (κ3) is 4.67. The van der Waals surface area contributed by atoms with Crippen molar-refractivity contribution in [1.82, 2.24) is 10.0 Å². The number of amides is 1. The summed E-state index contributed by atoms with van der Waals surface area (Å²) in [6, 6.07) is 3.93. The number of aromatic hydroxyl groups is 1. The molecule has 152 valence electrons. The Morgan fingerprint density at radius 1 is 1.18 bits per heavy atom. The van der Waals surface area contributed by atoms with Gasteiger partial charge in [-0.3, -0.25) is 4.79 Å². The number of likely N-dealkylation sites (N-methyl/N-ethyl adjacent to an activating group) is 1. The van der Waals surface area contributed by atoms with Crippen LogP contribution >= 0.6 is 24.0 Å². The molecule has 0 saturated carbocycles. The topological polar surface area (TPSA) is 43.8 Å². The van der Waals surface area contributed by atoms with Gasteiger partial charge in [-0.1, -0.05) is 71.6 Å². The van der Waals surface area contributed by atoms with Gasteiger partial charge in [-0.05, 0) is 34.6 Å². The highest BCUT2D eigenvalue weighted by molar-refractivity contribution is 8.26. The van der Waals surface area contributed by atoms with Crippen molar-refractivity contribution < 1.29 is 9.90 Å². The monoisotopic (exact) mass is 418 g/mol. The van der Waals surface area contributed by atoms with Crippen LogP contribution in [0.4, 0.5) is 0 Å². The van der Waals surface area contributed by atoms with E-state index in [1.54, 1.807) is 11.1 Å². The van der Waals surface area contributed by atoms with Crippen LogP contribution in [0.2, 0.25) is 0 Å². The smallest absolute Gasteiger partial charge is 0.280 e. The summed E-state index contributed by atoms with van der Waals surface area (Å²) in [7, 11) is 1.81. The fourth-order valence-electron chi connectivity index (χ4n) is 3.06. The first-order valence-electron chi connectivity index (χ1n) is 9.25. The molecule has 28 heavy (non-hydrogen) atoms. The normalized spacial score (nSPS) is 17.1. The SMILES string of the molecule is C=CCN(C)N1C(=O)/C(=C/c2cc(C(C)(C)C)c(O)c(C(C)(C)C)c2)SC1=S. The van der Waals surface area contributed by atoms with Gasteiger partial charge in [0, 0.05) is 24.7 Å². The Bertz CT molecular complexity index is 810. The van der Waals surface area contributed by atoms with Crippen LogP contribution in [0.25, 0.3) is 6.08 Å². The molecule has 0 aromatic heterocycles. The zero-order chi connectivity index (χ0) is 21.4. The fourth-order valence-corrected chi connectivity index (χ4v) is 4.41. The molecule has 6 heteroatoms. The minimum atomic E-state index is -0.225. The lowest BCUT2D eigenvalue weighted by Gasteiger charge is -2.28. The molecule has 0 bridgehead atoms. The number of carbonyl (C=O) groups excluding carboxylic acids is 1. The molecule has 1 amide bonds. The summed E-state index contributed by atoms with van der Waals surface area (Å²) >= 11 is 6.70. The first-order valence-corrected chi connectivity index (χ1v) is 10.5. The molecule has 0 spiro atoms. The Kier molecular flexibility index (Phi) is 6.48. The molecular weight excluding hydrogens is 388 g/mol. The molecule has 1 saturated heterocycles. The van der Waals surface area contributed by atoms with Gasteiger partial charge >= 0.3 is 0 Å². The maximum Gasteiger partial charge on any atom is 0.280 e. The molecule has 1 N–H and O–H groups in total. The second kappa shape index (κ2) is 8.01. The molecular formula is C22H30N2O2S2. The van der Waals surface area contributed by atoms with Crippen LogP contribution in [0.3, 0.4) is 0 Å². The van der Waals surface area contributed by atoms with Crippen LogP contribution in [0, 0.1) is 0 Å². The van der Waals surface area contributed by atoms with Gasteiger partial charge in [0.2, 0.25) is 0 Å². The summed E-state index contributed by atoms with van der Waals surface area (Å²) in [6.07, 6.45) is 3.60. The predicted octanol–water partition coefficient (Wildman–Crippen LogP) is 5.22. The van der Waals surface area contributed by atoms with E-state index in [1.165, 1.54) is 16.8 Å². The summed E-state index contributed by atoms with van der Waals surface area (Å²) in [6.45, 7) is 16.7. The van der Waals surface area contributed by atoms with Crippen molar-refractivity contribution in [3.8, 4) is 5.75 Å². The highest BCUT2D eigenvalue weighted by Gasteiger charge is 2.35. The number of thioether (sulfide) groups is 1. The van der Waals surface area contributed by atoms with Crippen molar-refractivity contribution in [2.45, 2.75) is 52.4 Å². The Hall–Kier alpha value is -1.63. The Balaban J connectivity index is 2.55. The Morgan fingerprint density at radius 3 is 2.11 bits per heavy atom. The van der Waals surface area contributed by atoms with Gasteiger partial charge in [-0.2, -0.15) is 0 Å². The molecule has 1 aromatic rings. The molecule has 0 radical (unpaired) electrons. The van der Waals surface area contributed by atoms with Gasteiger partial charge in [-0.15, -0.1) is 6.58 Å². The van der Waals surface area contributed by atoms with E-state index < -0.39 is 0 Å². The predicted molar refractivity (Wildman–Crippen MR) is 123 cm³/mol. The zero-order valence-corrected chi connectivity index (χ0v) is 19.4. The summed E-state index contributed by atoms with van der Waals surface area (Å²) in [5.74, 6) is 0.192. The number of rotatable bonds is 4. The standard InChI is InChI=1S/C22H30N2O2S2/c1-9-10-23(8)24-19(26)17(28-20(24)27)13-14-11-15(21(2,3)4)18(25)16(12-14)22(5,6)7/h9,11-13,25H,1,10H2,2-8H3/b17-13-. The van der Waals surface area contributed by atoms with Gasteiger partial charge in [0.05, 0.1) is 4.91 Å². The van der Waals surface area contributed by atoms with E-state index in [2.05, 4.69) is 48.1 Å². The van der Waals surface area contributed by atoms with Crippen LogP contribution in [-0.2, 0) is 15.6 Å². The lowest BCUT2D eigenvalue weighted by Crippen LogP contribution is -2.42. The lowest BCUT2D eigenvalue weighted by atomic mass is 9.78. The lowest BCUT2D eigenvalue weighted by molar-refractivity contribution is -0.131. The summed E-state index contributed by atoms with van der Waals surface area (Å²) < 4.78 is 0.506. The van der Waals surface area contributed by atoms with Crippen molar-refractivity contribution in [2.75, 3.05) is 13.6 Å². The molecule has 1 aromatic carbocycles. The third-order valence-electron chi connectivity index (χ3n) is 4.55. The molecule has 0 aliphatic carbocycles. The van der Waals surface area contributed by atoms with E-state index in [1.807, 2.05) is 25.3 Å². The van der Waals surface area contributed by atoms with Gasteiger partial charge in [0.25, 0.3) is 5.91 Å². The summed E-state index contributed by atoms with van der Waals surface area (Å²) in [5, 5.41) is 14.1. The zero-order valence-electron chi connectivity index (χ0n) is 17.8. The average Bonchev–Trinajstić information content (AvgIpc) is 2.80. The first kappa shape index (κ1) is 22.7. The molecule has 1 fully saturated rings. The van der Waals surface area contributed by atoms with Crippen LogP contribution in [0.1, 0.15) is 58.2 Å². The van der Waals surface area contributed by atoms with E-state index in [0.29, 0.717) is 21.5 Å². The van der Waals surface area contributed by atoms with E-state index in [-0.39, 0.29) is 16.7 Å². The van der Waals surface area contributed by atoms with Crippen molar-refractivity contribution in [1.29, 1.82) is 0 Å². The highest BCUT2D eigenvalue weighted by atomic mass is 32.2. The Labute approximate surface area is 178 Å². The number of thiocarbonyl (C=S) groups is 1. The third-order valence-corrected chi connectivity index (χ3v) is 5.84. The molecule has 4 nitrogen and oxygen atoms in total. The molecule has 1 aliphatic heterocycles. The summed E-state index contributed by atoms with van der Waals surface area (Å²) in [5.41, 5.74) is 2.17. The number of hydrogen-bond acceptors (Lipinski definition) is 5. The van der Waals surface area contributed by atoms with E-state index in [0.717, 1.165) is 16.7 Å². The quantitative estimate of drug-likeness (QED) is 0.412. The highest BCUT2D eigenvalue weighted by Crippen LogP contribution is 2.41. The second-order valence-electron chi connectivity index (χ2n) is 9.09. The number of benzene rings is 1. The average molecular weight is 419 g/mol. The number of hydrazine groups is 1. The minimum Gasteiger partial charge on any atom is -0.507 e. The number of nitrogens with zero attached hydrogens (tertiary/aromatic N) is 2. The van der Waals surface area contributed by atoms with Gasteiger partial charge in [-0.25, -0.2) is 10.0 Å². The van der Waals surface area contributed by atoms with Crippen molar-refractivity contribution >= 4 is 40.3 Å². The largest absolute Gasteiger partial charge is 0.507 e. The molecule has 1 heterocycles. The van der Waals surface area contributed by atoms with Crippen LogP contribution in [0.5, 0.6) is 5.75 Å². The maximum atomic E-state index is 12.9. The van der Waals surface area contributed by atoms with Crippen LogP contribution < -0.4 is 0 Å². The van der Waals surface area contributed by atoms with Crippen LogP contribution in [-0.4, -0.2) is 38.9 Å². The number of hydrogen-bond donors (Lipinski definition) is 1. The van der Waals surface area contributed by atoms with Gasteiger partial charge in [0.1, 0.15) is 5.75 Å². The van der Waals surface area contributed by atoms with Crippen molar-refractivity contribution in [3.05, 3.63) is 46.4 Å². The number of phenolic OH excluding ortho intramolecular Hbond substituents is 1. The van der Waals surface area contributed by atoms with E-state index in [4.69, 9.17) is 12.2 Å². The van der Waals surface area contributed by atoms with Gasteiger partial charge < -0.3 is 5.11 Å².